The fourth-order valence-electron chi connectivity index (χ4n) is 11.8. The highest BCUT2D eigenvalue weighted by Crippen LogP contribution is 2.52. The third kappa shape index (κ3) is 35.0. The average molecular weight is 1480 g/mol. The second kappa shape index (κ2) is 56.7. The number of aromatic hydroxyl groups is 8. The molecule has 0 atom stereocenters. The summed E-state index contributed by atoms with van der Waals surface area (Å²) in [6, 6.07) is 11.7. The van der Waals surface area contributed by atoms with Crippen LogP contribution >= 0.6 is 0 Å². The Bertz CT molecular complexity index is 2360. The summed E-state index contributed by atoms with van der Waals surface area (Å²) in [4.78, 5) is 0. The molecule has 0 saturated heterocycles. The van der Waals surface area contributed by atoms with E-state index in [4.69, 9.17) is 94.7 Å². The van der Waals surface area contributed by atoms with Gasteiger partial charge < -0.3 is 136 Å². The Morgan fingerprint density at radius 2 is 0.288 bits per heavy atom. The highest BCUT2D eigenvalue weighted by Gasteiger charge is 2.33. The summed E-state index contributed by atoms with van der Waals surface area (Å²) >= 11 is 0. The zero-order chi connectivity index (χ0) is 74.5. The molecule has 1 aliphatic rings. The van der Waals surface area contributed by atoms with Gasteiger partial charge in [-0.25, -0.2) is 0 Å². The third-order valence-electron chi connectivity index (χ3n) is 17.0. The van der Waals surface area contributed by atoms with Crippen molar-refractivity contribution in [2.24, 2.45) is 0 Å². The van der Waals surface area contributed by atoms with Gasteiger partial charge in [0.25, 0.3) is 0 Å². The first-order chi connectivity index (χ1) is 50.9. The fourth-order valence-corrected chi connectivity index (χ4v) is 11.8. The van der Waals surface area contributed by atoms with Crippen LogP contribution in [0.5, 0.6) is 46.0 Å². The molecule has 28 heteroatoms. The predicted octanol–water partition coefficient (Wildman–Crippen LogP) is 8.14. The maximum atomic E-state index is 12.2. The lowest BCUT2D eigenvalue weighted by atomic mass is 9.76. The average Bonchev–Trinajstić information content (AvgIpc) is 0.761. The van der Waals surface area contributed by atoms with Gasteiger partial charge in [-0.05, 0) is 75.6 Å². The lowest BCUT2D eigenvalue weighted by Crippen LogP contribution is -2.14. The molecule has 8 N–H and O–H groups in total. The Kier molecular flexibility index (Phi) is 48.6. The molecule has 0 spiro atoms. The van der Waals surface area contributed by atoms with E-state index >= 15 is 0 Å². The molecule has 28 nitrogen and oxygen atoms in total. The molecular weight excluding hydrogens is 1360 g/mol. The van der Waals surface area contributed by atoms with Crippen molar-refractivity contribution < 1.29 is 136 Å². The zero-order valence-electron chi connectivity index (χ0n) is 61.8. The van der Waals surface area contributed by atoms with E-state index in [0.717, 1.165) is 0 Å². The number of benzene rings is 4. The maximum absolute atomic E-state index is 12.2. The number of hydrogen-bond acceptors (Lipinski definition) is 28. The molecule has 0 saturated carbocycles. The van der Waals surface area contributed by atoms with E-state index in [1.807, 2.05) is 0 Å². The van der Waals surface area contributed by atoms with Crippen molar-refractivity contribution in [1.29, 1.82) is 0 Å². The van der Waals surface area contributed by atoms with E-state index in [-0.39, 0.29) is 125 Å². The summed E-state index contributed by atoms with van der Waals surface area (Å²) in [6.07, 6.45) is 2.57. The Balaban J connectivity index is 1.49. The molecule has 592 valence electrons. The van der Waals surface area contributed by atoms with E-state index < -0.39 is 23.7 Å². The summed E-state index contributed by atoms with van der Waals surface area (Å²) in [5.41, 5.74) is 2.45. The molecule has 0 aliphatic heterocycles. The molecule has 1 aliphatic carbocycles. The van der Waals surface area contributed by atoms with Crippen molar-refractivity contribution in [3.63, 3.8) is 0 Å². The highest BCUT2D eigenvalue weighted by molar-refractivity contribution is 5.62. The Hall–Kier alpha value is -5.52. The highest BCUT2D eigenvalue weighted by atomic mass is 16.6. The van der Waals surface area contributed by atoms with Crippen LogP contribution in [-0.2, 0) is 94.7 Å². The van der Waals surface area contributed by atoms with E-state index in [0.29, 0.717) is 255 Å². The van der Waals surface area contributed by atoms with Gasteiger partial charge in [0.2, 0.25) is 0 Å². The number of rotatable bonds is 64. The molecule has 0 unspecified atom stereocenters. The van der Waals surface area contributed by atoms with E-state index in [9.17, 15) is 40.9 Å². The van der Waals surface area contributed by atoms with Gasteiger partial charge in [0.15, 0.2) is 0 Å². The van der Waals surface area contributed by atoms with Gasteiger partial charge in [-0.2, -0.15) is 0 Å². The van der Waals surface area contributed by atoms with Gasteiger partial charge in [-0.15, -0.1) is 0 Å². The van der Waals surface area contributed by atoms with Crippen LogP contribution in [0.15, 0.2) is 48.5 Å². The molecule has 5 rings (SSSR count). The van der Waals surface area contributed by atoms with E-state index in [1.54, 1.807) is 52.7 Å². The van der Waals surface area contributed by atoms with Crippen LogP contribution in [0.4, 0.5) is 0 Å². The third-order valence-corrected chi connectivity index (χ3v) is 17.0. The Labute approximate surface area is 613 Å². The molecule has 104 heavy (non-hydrogen) atoms. The number of fused-ring (bicyclic) bond motifs is 8. The molecule has 0 heterocycles. The first-order valence-electron chi connectivity index (χ1n) is 36.4. The van der Waals surface area contributed by atoms with Crippen LogP contribution in [0.25, 0.3) is 0 Å². The van der Waals surface area contributed by atoms with Crippen molar-refractivity contribution in [2.75, 3.05) is 266 Å². The van der Waals surface area contributed by atoms with Gasteiger partial charge >= 0.3 is 0 Å². The number of methoxy groups -OCH3 is 4. The topological polar surface area (TPSA) is 346 Å². The van der Waals surface area contributed by atoms with Gasteiger partial charge in [0.1, 0.15) is 46.0 Å². The lowest BCUT2D eigenvalue weighted by Gasteiger charge is -2.29. The molecule has 8 bridgehead atoms. The van der Waals surface area contributed by atoms with Gasteiger partial charge in [-0.3, -0.25) is 0 Å². The fraction of sp³-hybridized carbons (Fsp3) is 0.684. The van der Waals surface area contributed by atoms with Crippen LogP contribution < -0.4 is 0 Å². The van der Waals surface area contributed by atoms with Crippen LogP contribution in [0.1, 0.15) is 120 Å². The maximum Gasteiger partial charge on any atom is 0.123 e. The van der Waals surface area contributed by atoms with E-state index in [1.165, 1.54) is 24.3 Å². The predicted molar refractivity (Wildman–Crippen MR) is 384 cm³/mol. The number of hydrogen-bond donors (Lipinski definition) is 8. The normalized spacial score (nSPS) is 15.2. The second-order valence-electron chi connectivity index (χ2n) is 24.4. The molecule has 0 radical (unpaired) electrons. The monoisotopic (exact) mass is 1480 g/mol. The second-order valence-corrected chi connectivity index (χ2v) is 24.4. The van der Waals surface area contributed by atoms with Crippen LogP contribution in [0.3, 0.4) is 0 Å². The molecular formula is C76H120O28. The van der Waals surface area contributed by atoms with Crippen LogP contribution in [0, 0.1) is 0 Å². The summed E-state index contributed by atoms with van der Waals surface area (Å²) < 4.78 is 112. The lowest BCUT2D eigenvalue weighted by molar-refractivity contribution is -0.00803. The largest absolute Gasteiger partial charge is 0.508 e. The Morgan fingerprint density at radius 3 is 0.413 bits per heavy atom. The minimum absolute atomic E-state index is 0.241. The molecule has 4 aromatic rings. The zero-order valence-corrected chi connectivity index (χ0v) is 61.8. The SMILES string of the molecule is COCCOCCOCCOCCOCCCC1c2cc(c(O)cc2O)C(CCCOCCOCCOCCOCCOC)c2cc(c(O)cc2O)C(CCCOCCOCCOCCOCCOC)c2cc(c(O)cc2O)C(CCCOCCOCCOCCOCCOC)c2cc1c(O)cc2O. The summed E-state index contributed by atoms with van der Waals surface area (Å²) in [6.45, 7) is 13.4. The van der Waals surface area contributed by atoms with Gasteiger partial charge in [0.05, 0.1) is 211 Å². The molecule has 0 aromatic heterocycles. The smallest absolute Gasteiger partial charge is 0.123 e. The van der Waals surface area contributed by atoms with Crippen molar-refractivity contribution in [3.05, 3.63) is 93.0 Å². The first-order valence-corrected chi connectivity index (χ1v) is 36.4. The number of phenolic OH excluding ortho intramolecular Hbond substituents is 8. The van der Waals surface area contributed by atoms with Crippen LogP contribution in [-0.4, -0.2) is 307 Å². The van der Waals surface area contributed by atoms with Gasteiger partial charge in [-0.1, -0.05) is 0 Å². The minimum Gasteiger partial charge on any atom is -0.508 e. The summed E-state index contributed by atoms with van der Waals surface area (Å²) in [5.74, 6) is -5.73. The number of ether oxygens (including phenoxy) is 20. The molecule has 4 aromatic carbocycles. The van der Waals surface area contributed by atoms with Crippen molar-refractivity contribution >= 4 is 0 Å². The first kappa shape index (κ1) is 89.1. The van der Waals surface area contributed by atoms with Gasteiger partial charge in [0, 0.05) is 147 Å². The molecule has 0 fully saturated rings. The Morgan fingerprint density at radius 1 is 0.173 bits per heavy atom. The standard InChI is InChI=1S/C76H120O28/c1-85-17-21-93-33-37-101-45-41-97-29-25-89-13-5-9-57-61-49-63(71(79)53-69(61)77)58(10-6-14-90-26-30-98-42-46-102-38-34-94-22-18-86-2)65-51-67(75(83)55-73(65)81)60(12-8-16-92-28-32-100-44-48-104-40-36-96-24-20-88-4)68-52-66(74(82)56-76(68)84)59(64-50-62(57)70(78)54-72(64)80)11-7-15-91-27-31-99-43-47-103-39-35-95-23-19-87-3/h49-60,77-84H,5-48H2,1-4H3. The number of phenols is 8. The van der Waals surface area contributed by atoms with Crippen molar-refractivity contribution in [2.45, 2.75) is 75.0 Å². The summed E-state index contributed by atoms with van der Waals surface area (Å²) in [5, 5.41) is 97.6. The van der Waals surface area contributed by atoms with Crippen molar-refractivity contribution in [3.8, 4) is 46.0 Å². The molecule has 0 amide bonds. The summed E-state index contributed by atoms with van der Waals surface area (Å²) in [7, 11) is 6.45. The van der Waals surface area contributed by atoms with E-state index in [2.05, 4.69) is 0 Å². The minimum atomic E-state index is -0.841. The quantitative estimate of drug-likeness (QED) is 0.0193. The van der Waals surface area contributed by atoms with Crippen LogP contribution in [0.2, 0.25) is 0 Å². The van der Waals surface area contributed by atoms with Crippen molar-refractivity contribution in [1.82, 2.24) is 0 Å².